The van der Waals surface area contributed by atoms with Gasteiger partial charge < -0.3 is 0 Å². The number of rotatable bonds is 3. The van der Waals surface area contributed by atoms with Crippen molar-refractivity contribution in [1.82, 2.24) is 0 Å². The van der Waals surface area contributed by atoms with Gasteiger partial charge in [-0.1, -0.05) is 19.9 Å². The van der Waals surface area contributed by atoms with E-state index in [1.54, 1.807) is 0 Å². The van der Waals surface area contributed by atoms with Crippen LogP contribution >= 0.6 is 0 Å². The molecule has 0 saturated heterocycles. The Balaban J connectivity index is 3.75. The van der Waals surface area contributed by atoms with E-state index >= 15 is 0 Å². The Labute approximate surface area is 57.5 Å². The van der Waals surface area contributed by atoms with Crippen LogP contribution in [-0.4, -0.2) is 5.71 Å². The molecule has 0 heterocycles. The predicted octanol–water partition coefficient (Wildman–Crippen LogP) is 2.78. The van der Waals surface area contributed by atoms with E-state index in [0.29, 0.717) is 0 Å². The summed E-state index contributed by atoms with van der Waals surface area (Å²) in [5.74, 6) is 0. The third kappa shape index (κ3) is 3.95. The van der Waals surface area contributed by atoms with E-state index in [9.17, 15) is 0 Å². The molecule has 0 aromatic rings. The monoisotopic (exact) mass is 125 g/mol. The Hall–Kier alpha value is -0.590. The lowest BCUT2D eigenvalue weighted by Gasteiger charge is -1.93. The number of hydrogen-bond donors (Lipinski definition) is 0. The lowest BCUT2D eigenvalue weighted by Crippen LogP contribution is -1.90. The summed E-state index contributed by atoms with van der Waals surface area (Å²) in [7, 11) is 0. The Morgan fingerprint density at radius 2 is 1.89 bits per heavy atom. The highest BCUT2D eigenvalue weighted by Gasteiger charge is 1.86. The van der Waals surface area contributed by atoms with Crippen molar-refractivity contribution in [3.05, 3.63) is 12.3 Å². The van der Waals surface area contributed by atoms with Crippen LogP contribution < -0.4 is 0 Å². The highest BCUT2D eigenvalue weighted by molar-refractivity contribution is 5.84. The van der Waals surface area contributed by atoms with Crippen LogP contribution in [0.4, 0.5) is 0 Å². The fourth-order valence-electron chi connectivity index (χ4n) is 0.613. The number of allylic oxidation sites excluding steroid dienone is 1. The third-order valence-electron chi connectivity index (χ3n) is 1.22. The quantitative estimate of drug-likeness (QED) is 0.514. The van der Waals surface area contributed by atoms with Gasteiger partial charge in [0.2, 0.25) is 0 Å². The van der Waals surface area contributed by atoms with E-state index in [1.165, 1.54) is 5.71 Å². The summed E-state index contributed by atoms with van der Waals surface area (Å²) in [5.41, 5.74) is 1.27. The molecule has 0 N–H and O–H groups in total. The van der Waals surface area contributed by atoms with E-state index in [0.717, 1.165) is 12.8 Å². The smallest absolute Gasteiger partial charge is 0.0224 e. The van der Waals surface area contributed by atoms with Gasteiger partial charge in [-0.25, -0.2) is 0 Å². The molecular weight excluding hydrogens is 110 g/mol. The summed E-state index contributed by atoms with van der Waals surface area (Å²) in [6.45, 7) is 6.24. The minimum absolute atomic E-state index is 1.07. The molecule has 0 fully saturated rings. The highest BCUT2D eigenvalue weighted by atomic mass is 14.7. The molecule has 1 nitrogen and oxygen atoms in total. The van der Waals surface area contributed by atoms with Gasteiger partial charge in [0.05, 0.1) is 0 Å². The first kappa shape index (κ1) is 8.41. The summed E-state index contributed by atoms with van der Waals surface area (Å²) in [4.78, 5) is 4.22. The molecule has 52 valence electrons. The fraction of sp³-hybridized carbons (Fsp3) is 0.625. The molecule has 0 atom stereocenters. The maximum atomic E-state index is 4.22. The molecule has 0 aliphatic rings. The van der Waals surface area contributed by atoms with E-state index in [4.69, 9.17) is 0 Å². The first-order valence-electron chi connectivity index (χ1n) is 3.51. The first-order valence-corrected chi connectivity index (χ1v) is 3.51. The molecule has 0 amide bonds. The maximum absolute atomic E-state index is 4.22. The van der Waals surface area contributed by atoms with Gasteiger partial charge in [-0.05, 0) is 19.8 Å². The first-order chi connectivity index (χ1) is 4.35. The van der Waals surface area contributed by atoms with E-state index in [-0.39, 0.29) is 0 Å². The molecule has 0 bridgehead atoms. The zero-order valence-corrected chi connectivity index (χ0v) is 6.52. The van der Waals surface area contributed by atoms with E-state index in [2.05, 4.69) is 18.8 Å². The molecule has 0 radical (unpaired) electrons. The van der Waals surface area contributed by atoms with Gasteiger partial charge >= 0.3 is 0 Å². The van der Waals surface area contributed by atoms with Crippen LogP contribution in [0.25, 0.3) is 0 Å². The van der Waals surface area contributed by atoms with Gasteiger partial charge in [-0.2, -0.15) is 0 Å². The SMILES string of the molecule is C/C=C/N=C(CC)CC. The van der Waals surface area contributed by atoms with Crippen molar-refractivity contribution in [2.24, 2.45) is 4.99 Å². The summed E-state index contributed by atoms with van der Waals surface area (Å²) in [6.07, 6.45) is 5.94. The minimum Gasteiger partial charge on any atom is -0.266 e. The molecule has 0 aromatic heterocycles. The van der Waals surface area contributed by atoms with Crippen LogP contribution in [-0.2, 0) is 0 Å². The summed E-state index contributed by atoms with van der Waals surface area (Å²) in [6, 6.07) is 0. The van der Waals surface area contributed by atoms with Crippen LogP contribution in [0.3, 0.4) is 0 Å². The Morgan fingerprint density at radius 3 is 2.22 bits per heavy atom. The second-order valence-corrected chi connectivity index (χ2v) is 1.88. The molecule has 0 rings (SSSR count). The van der Waals surface area contributed by atoms with Gasteiger partial charge in [0, 0.05) is 11.9 Å². The predicted molar refractivity (Wildman–Crippen MR) is 42.8 cm³/mol. The van der Waals surface area contributed by atoms with Crippen molar-refractivity contribution >= 4 is 5.71 Å². The van der Waals surface area contributed by atoms with Gasteiger partial charge in [-0.15, -0.1) is 0 Å². The fourth-order valence-corrected chi connectivity index (χ4v) is 0.613. The van der Waals surface area contributed by atoms with Crippen molar-refractivity contribution in [3.63, 3.8) is 0 Å². The third-order valence-corrected chi connectivity index (χ3v) is 1.22. The van der Waals surface area contributed by atoms with Crippen molar-refractivity contribution in [3.8, 4) is 0 Å². The average molecular weight is 125 g/mol. The molecule has 1 heteroatoms. The van der Waals surface area contributed by atoms with Gasteiger partial charge in [0.15, 0.2) is 0 Å². The molecule has 0 aromatic carbocycles. The molecule has 0 aliphatic heterocycles. The molecule has 9 heavy (non-hydrogen) atoms. The Kier molecular flexibility index (Phi) is 5.18. The highest BCUT2D eigenvalue weighted by Crippen LogP contribution is 1.91. The van der Waals surface area contributed by atoms with E-state index < -0.39 is 0 Å². The van der Waals surface area contributed by atoms with Crippen molar-refractivity contribution in [2.75, 3.05) is 0 Å². The largest absolute Gasteiger partial charge is 0.266 e. The molecular formula is C8H15N. The van der Waals surface area contributed by atoms with Crippen molar-refractivity contribution in [2.45, 2.75) is 33.6 Å². The molecule has 0 aliphatic carbocycles. The molecule has 0 spiro atoms. The Morgan fingerprint density at radius 1 is 1.33 bits per heavy atom. The van der Waals surface area contributed by atoms with Crippen LogP contribution in [0, 0.1) is 0 Å². The van der Waals surface area contributed by atoms with Gasteiger partial charge in [0.1, 0.15) is 0 Å². The normalized spacial score (nSPS) is 10.1. The number of aliphatic imine (C=N–C) groups is 1. The van der Waals surface area contributed by atoms with Gasteiger partial charge in [-0.3, -0.25) is 4.99 Å². The number of nitrogens with zero attached hydrogens (tertiary/aromatic N) is 1. The van der Waals surface area contributed by atoms with Crippen LogP contribution in [0.2, 0.25) is 0 Å². The number of hydrogen-bond acceptors (Lipinski definition) is 1. The van der Waals surface area contributed by atoms with Gasteiger partial charge in [0.25, 0.3) is 0 Å². The van der Waals surface area contributed by atoms with E-state index in [1.807, 2.05) is 19.2 Å². The standard InChI is InChI=1S/C8H15N/c1-4-7-9-8(5-2)6-3/h4,7H,5-6H2,1-3H3/b7-4+. The summed E-state index contributed by atoms with van der Waals surface area (Å²) >= 11 is 0. The lowest BCUT2D eigenvalue weighted by molar-refractivity contribution is 1.15. The second kappa shape index (κ2) is 5.54. The minimum atomic E-state index is 1.07. The van der Waals surface area contributed by atoms with Crippen LogP contribution in [0.5, 0.6) is 0 Å². The summed E-state index contributed by atoms with van der Waals surface area (Å²) < 4.78 is 0. The van der Waals surface area contributed by atoms with Crippen LogP contribution in [0.15, 0.2) is 17.3 Å². The zero-order valence-electron chi connectivity index (χ0n) is 6.52. The summed E-state index contributed by atoms with van der Waals surface area (Å²) in [5, 5.41) is 0. The van der Waals surface area contributed by atoms with Crippen molar-refractivity contribution in [1.29, 1.82) is 0 Å². The lowest BCUT2D eigenvalue weighted by atomic mass is 10.2. The zero-order chi connectivity index (χ0) is 7.11. The van der Waals surface area contributed by atoms with Crippen molar-refractivity contribution < 1.29 is 0 Å². The maximum Gasteiger partial charge on any atom is 0.0224 e. The van der Waals surface area contributed by atoms with Crippen LogP contribution in [0.1, 0.15) is 33.6 Å². The second-order valence-electron chi connectivity index (χ2n) is 1.88. The Bertz CT molecular complexity index is 106. The topological polar surface area (TPSA) is 12.4 Å². The average Bonchev–Trinajstić information content (AvgIpc) is 1.91. The molecule has 0 unspecified atom stereocenters. The molecule has 0 saturated carbocycles.